The predicted octanol–water partition coefficient (Wildman–Crippen LogP) is 7.66. The van der Waals surface area contributed by atoms with Gasteiger partial charge < -0.3 is 10.3 Å². The van der Waals surface area contributed by atoms with Crippen LogP contribution in [0.25, 0.3) is 21.7 Å². The average Bonchev–Trinajstić information content (AvgIpc) is 3.28. The zero-order valence-electron chi connectivity index (χ0n) is 18.5. The number of nitrogens with zero attached hydrogens (tertiary/aromatic N) is 3. The van der Waals surface area contributed by atoms with Crippen LogP contribution in [0.4, 0.5) is 17.1 Å². The number of aliphatic imine (C=N–C) groups is 1. The predicted molar refractivity (Wildman–Crippen MR) is 138 cm³/mol. The van der Waals surface area contributed by atoms with Crippen LogP contribution in [0.5, 0.6) is 0 Å². The van der Waals surface area contributed by atoms with Crippen molar-refractivity contribution in [1.29, 1.82) is 0 Å². The Kier molecular flexibility index (Phi) is 5.93. The number of hydrogen-bond acceptors (Lipinski definition) is 4. The first-order valence-corrected chi connectivity index (χ1v) is 11.1. The van der Waals surface area contributed by atoms with Crippen molar-refractivity contribution in [3.63, 3.8) is 0 Å². The fourth-order valence-corrected chi connectivity index (χ4v) is 3.83. The Labute approximate surface area is 192 Å². The van der Waals surface area contributed by atoms with Gasteiger partial charge in [-0.15, -0.1) is 5.11 Å². The van der Waals surface area contributed by atoms with Crippen molar-refractivity contribution in [3.8, 4) is 0 Å². The number of benzene rings is 4. The van der Waals surface area contributed by atoms with Gasteiger partial charge in [0.05, 0.1) is 12.2 Å². The molecule has 0 bridgehead atoms. The van der Waals surface area contributed by atoms with Gasteiger partial charge in [-0.05, 0) is 53.6 Å². The molecule has 0 saturated heterocycles. The summed E-state index contributed by atoms with van der Waals surface area (Å²) in [7, 11) is 0. The molecule has 0 saturated carbocycles. The van der Waals surface area contributed by atoms with Gasteiger partial charge in [0.2, 0.25) is 0 Å². The molecule has 0 atom stereocenters. The maximum atomic E-state index is 4.72. The molecule has 4 aromatic carbocycles. The molecule has 1 heterocycles. The number of H-pyrrole nitrogens is 1. The zero-order valence-corrected chi connectivity index (χ0v) is 18.5. The summed E-state index contributed by atoms with van der Waals surface area (Å²) in [6, 6.07) is 30.9. The Morgan fingerprint density at radius 3 is 2.48 bits per heavy atom. The minimum Gasteiger partial charge on any atom is -0.383 e. The van der Waals surface area contributed by atoms with Crippen LogP contribution in [0.3, 0.4) is 0 Å². The lowest BCUT2D eigenvalue weighted by Gasteiger charge is -2.07. The van der Waals surface area contributed by atoms with Crippen LogP contribution >= 0.6 is 0 Å². The first kappa shape index (κ1) is 20.6. The second kappa shape index (κ2) is 9.49. The van der Waals surface area contributed by atoms with Crippen LogP contribution in [0.2, 0.25) is 0 Å². The van der Waals surface area contributed by atoms with Crippen molar-refractivity contribution in [2.24, 2.45) is 15.2 Å². The van der Waals surface area contributed by atoms with Crippen molar-refractivity contribution >= 4 is 44.4 Å². The van der Waals surface area contributed by atoms with E-state index in [-0.39, 0.29) is 0 Å². The van der Waals surface area contributed by atoms with E-state index in [1.165, 1.54) is 10.8 Å². The molecule has 5 aromatic rings. The molecule has 33 heavy (non-hydrogen) atoms. The second-order valence-electron chi connectivity index (χ2n) is 7.92. The van der Waals surface area contributed by atoms with E-state index in [0.717, 1.165) is 45.8 Å². The molecule has 5 rings (SSSR count). The van der Waals surface area contributed by atoms with E-state index in [4.69, 9.17) is 4.99 Å². The van der Waals surface area contributed by atoms with Gasteiger partial charge in [-0.1, -0.05) is 60.7 Å². The summed E-state index contributed by atoms with van der Waals surface area (Å²) in [5.74, 6) is 0. The number of aromatic amines is 1. The van der Waals surface area contributed by atoms with Crippen molar-refractivity contribution in [2.75, 3.05) is 18.4 Å². The normalized spacial score (nSPS) is 12.1. The van der Waals surface area contributed by atoms with E-state index in [9.17, 15) is 0 Å². The number of azo groups is 1. The van der Waals surface area contributed by atoms with Gasteiger partial charge in [0.25, 0.3) is 0 Å². The standard InChI is InChI=1S/C28H25N5/c1-20(29-16-17-30-25-15-12-22-6-2-3-7-23(22)18-25)21-10-13-24(14-11-21)32-33-28-19-31-27-9-5-4-8-26(27)28/h2-15,18-19,30-31H,16-17H2,1H3. The maximum Gasteiger partial charge on any atom is 0.111 e. The molecule has 0 fully saturated rings. The highest BCUT2D eigenvalue weighted by Gasteiger charge is 2.02. The second-order valence-corrected chi connectivity index (χ2v) is 7.92. The van der Waals surface area contributed by atoms with Gasteiger partial charge in [-0.2, -0.15) is 5.11 Å². The summed E-state index contributed by atoms with van der Waals surface area (Å²) in [4.78, 5) is 7.93. The van der Waals surface area contributed by atoms with E-state index >= 15 is 0 Å². The van der Waals surface area contributed by atoms with Gasteiger partial charge >= 0.3 is 0 Å². The summed E-state index contributed by atoms with van der Waals surface area (Å²) in [5.41, 5.74) is 5.93. The number of fused-ring (bicyclic) bond motifs is 2. The third kappa shape index (κ3) is 4.83. The highest BCUT2D eigenvalue weighted by atomic mass is 15.1. The smallest absolute Gasteiger partial charge is 0.111 e. The topological polar surface area (TPSA) is 64.9 Å². The lowest BCUT2D eigenvalue weighted by atomic mass is 10.1. The van der Waals surface area contributed by atoms with Gasteiger partial charge in [0.1, 0.15) is 5.69 Å². The fourth-order valence-electron chi connectivity index (χ4n) is 3.83. The van der Waals surface area contributed by atoms with Crippen LogP contribution in [0.1, 0.15) is 12.5 Å². The number of rotatable bonds is 7. The molecule has 1 aromatic heterocycles. The SMILES string of the molecule is CC(=NCCNc1ccc2ccccc2c1)c1ccc(N=Nc2c[nH]c3ccccc23)cc1. The van der Waals surface area contributed by atoms with E-state index in [2.05, 4.69) is 63.0 Å². The van der Waals surface area contributed by atoms with Gasteiger partial charge in [0, 0.05) is 35.0 Å². The molecule has 0 amide bonds. The lowest BCUT2D eigenvalue weighted by molar-refractivity contribution is 1.02. The third-order valence-electron chi connectivity index (χ3n) is 5.67. The molecule has 2 N–H and O–H groups in total. The number of para-hydroxylation sites is 1. The van der Waals surface area contributed by atoms with Crippen LogP contribution in [0, 0.1) is 0 Å². The quantitative estimate of drug-likeness (QED) is 0.155. The monoisotopic (exact) mass is 431 g/mol. The summed E-state index contributed by atoms with van der Waals surface area (Å²) in [5, 5.41) is 15.8. The molecule has 0 spiro atoms. The molecular formula is C28H25N5. The Morgan fingerprint density at radius 1 is 0.818 bits per heavy atom. The number of aromatic nitrogens is 1. The maximum absolute atomic E-state index is 4.72. The van der Waals surface area contributed by atoms with E-state index in [0.29, 0.717) is 6.54 Å². The molecular weight excluding hydrogens is 406 g/mol. The molecule has 0 aliphatic rings. The molecule has 0 aliphatic heterocycles. The molecule has 5 nitrogen and oxygen atoms in total. The molecule has 0 unspecified atom stereocenters. The van der Waals surface area contributed by atoms with Gasteiger partial charge in [0.15, 0.2) is 0 Å². The zero-order chi connectivity index (χ0) is 22.5. The summed E-state index contributed by atoms with van der Waals surface area (Å²) >= 11 is 0. The van der Waals surface area contributed by atoms with Crippen LogP contribution < -0.4 is 5.32 Å². The number of anilines is 1. The average molecular weight is 432 g/mol. The van der Waals surface area contributed by atoms with Crippen molar-refractivity contribution < 1.29 is 0 Å². The van der Waals surface area contributed by atoms with Crippen molar-refractivity contribution in [2.45, 2.75) is 6.92 Å². The highest BCUT2D eigenvalue weighted by molar-refractivity contribution is 5.99. The van der Waals surface area contributed by atoms with Gasteiger partial charge in [-0.3, -0.25) is 4.99 Å². The Bertz CT molecular complexity index is 1440. The summed E-state index contributed by atoms with van der Waals surface area (Å²) in [6.45, 7) is 3.53. The van der Waals surface area contributed by atoms with E-state index in [1.807, 2.05) is 61.7 Å². The third-order valence-corrected chi connectivity index (χ3v) is 5.67. The molecule has 5 heteroatoms. The largest absolute Gasteiger partial charge is 0.383 e. The minimum atomic E-state index is 0.709. The molecule has 162 valence electrons. The number of nitrogens with one attached hydrogen (secondary N) is 2. The Hall–Kier alpha value is -4.25. The van der Waals surface area contributed by atoms with Crippen molar-refractivity contribution in [1.82, 2.24) is 4.98 Å². The highest BCUT2D eigenvalue weighted by Crippen LogP contribution is 2.27. The Balaban J connectivity index is 1.17. The first-order chi connectivity index (χ1) is 16.3. The van der Waals surface area contributed by atoms with E-state index < -0.39 is 0 Å². The minimum absolute atomic E-state index is 0.709. The Morgan fingerprint density at radius 2 is 1.61 bits per heavy atom. The summed E-state index contributed by atoms with van der Waals surface area (Å²) in [6.07, 6.45) is 1.88. The van der Waals surface area contributed by atoms with Crippen LogP contribution in [-0.4, -0.2) is 23.8 Å². The molecule has 0 aliphatic carbocycles. The van der Waals surface area contributed by atoms with Gasteiger partial charge in [-0.25, -0.2) is 0 Å². The fraction of sp³-hybridized carbons (Fsp3) is 0.107. The molecule has 0 radical (unpaired) electrons. The lowest BCUT2D eigenvalue weighted by Crippen LogP contribution is -2.06. The number of hydrogen-bond donors (Lipinski definition) is 2. The van der Waals surface area contributed by atoms with E-state index in [1.54, 1.807) is 0 Å². The first-order valence-electron chi connectivity index (χ1n) is 11.1. The van der Waals surface area contributed by atoms with Crippen molar-refractivity contribution in [3.05, 3.63) is 103 Å². The summed E-state index contributed by atoms with van der Waals surface area (Å²) < 4.78 is 0. The van der Waals surface area contributed by atoms with Crippen LogP contribution in [-0.2, 0) is 0 Å². The van der Waals surface area contributed by atoms with Crippen LogP contribution in [0.15, 0.2) is 112 Å².